The van der Waals surface area contributed by atoms with Gasteiger partial charge in [-0.15, -0.1) is 0 Å². The van der Waals surface area contributed by atoms with Crippen LogP contribution < -0.4 is 5.32 Å². The summed E-state index contributed by atoms with van der Waals surface area (Å²) < 4.78 is 0. The summed E-state index contributed by atoms with van der Waals surface area (Å²) in [6.07, 6.45) is 0. The molecule has 0 aliphatic heterocycles. The van der Waals surface area contributed by atoms with Crippen LogP contribution in [0, 0.1) is 0 Å². The van der Waals surface area contributed by atoms with Gasteiger partial charge in [-0.2, -0.15) is 0 Å². The second-order valence-corrected chi connectivity index (χ2v) is 3.30. The Labute approximate surface area is 78.0 Å². The van der Waals surface area contributed by atoms with Crippen molar-refractivity contribution in [3.05, 3.63) is 23.8 Å². The molecule has 0 spiro atoms. The smallest absolute Gasteiger partial charge is 0.123 e. The van der Waals surface area contributed by atoms with E-state index in [-0.39, 0.29) is 12.4 Å². The van der Waals surface area contributed by atoms with E-state index < -0.39 is 0 Å². The Kier molecular flexibility index (Phi) is 3.14. The lowest BCUT2D eigenvalue weighted by molar-refractivity contribution is 0.275. The van der Waals surface area contributed by atoms with Crippen LogP contribution in [0.3, 0.4) is 0 Å². The molecule has 0 bridgehead atoms. The second-order valence-electron chi connectivity index (χ2n) is 3.30. The van der Waals surface area contributed by atoms with Crippen molar-refractivity contribution in [2.24, 2.45) is 0 Å². The number of aliphatic hydroxyl groups is 1. The summed E-state index contributed by atoms with van der Waals surface area (Å²) in [5, 5.41) is 21.4. The lowest BCUT2D eigenvalue weighted by atomic mass is 10.2. The van der Waals surface area contributed by atoms with Gasteiger partial charge in [-0.05, 0) is 19.9 Å². The molecule has 0 aromatic heterocycles. The number of nitrogens with one attached hydrogen (secondary N) is 1. The molecule has 0 saturated heterocycles. The van der Waals surface area contributed by atoms with E-state index in [2.05, 4.69) is 5.32 Å². The molecule has 0 heterocycles. The molecule has 0 aliphatic rings. The average molecular weight is 181 g/mol. The summed E-state index contributed by atoms with van der Waals surface area (Å²) in [5.74, 6) is 0.133. The highest BCUT2D eigenvalue weighted by atomic mass is 16.3. The van der Waals surface area contributed by atoms with Crippen LogP contribution in [0.4, 0.5) is 5.69 Å². The SMILES string of the molecule is CC(C)Nc1ccc(CO)c(O)c1. The van der Waals surface area contributed by atoms with Crippen molar-refractivity contribution in [1.29, 1.82) is 0 Å². The molecule has 0 fully saturated rings. The monoisotopic (exact) mass is 181 g/mol. The lowest BCUT2D eigenvalue weighted by Crippen LogP contribution is -2.09. The fraction of sp³-hybridized carbons (Fsp3) is 0.400. The van der Waals surface area contributed by atoms with E-state index in [0.29, 0.717) is 11.6 Å². The maximum atomic E-state index is 9.40. The minimum absolute atomic E-state index is 0.131. The number of hydrogen-bond acceptors (Lipinski definition) is 3. The van der Waals surface area contributed by atoms with Gasteiger partial charge in [0.2, 0.25) is 0 Å². The molecular weight excluding hydrogens is 166 g/mol. The predicted octanol–water partition coefficient (Wildman–Crippen LogP) is 1.70. The quantitative estimate of drug-likeness (QED) is 0.665. The van der Waals surface area contributed by atoms with Crippen molar-refractivity contribution < 1.29 is 10.2 Å². The van der Waals surface area contributed by atoms with E-state index in [9.17, 15) is 5.11 Å². The van der Waals surface area contributed by atoms with Gasteiger partial charge in [0.15, 0.2) is 0 Å². The number of aromatic hydroxyl groups is 1. The van der Waals surface area contributed by atoms with Gasteiger partial charge in [0.1, 0.15) is 5.75 Å². The van der Waals surface area contributed by atoms with Gasteiger partial charge in [0, 0.05) is 23.4 Å². The first kappa shape index (κ1) is 9.86. The van der Waals surface area contributed by atoms with Crippen LogP contribution in [0.15, 0.2) is 18.2 Å². The molecule has 3 nitrogen and oxygen atoms in total. The predicted molar refractivity (Wildman–Crippen MR) is 52.8 cm³/mol. The van der Waals surface area contributed by atoms with Crippen LogP contribution in [0.1, 0.15) is 19.4 Å². The Morgan fingerprint density at radius 1 is 1.38 bits per heavy atom. The zero-order valence-electron chi connectivity index (χ0n) is 7.91. The van der Waals surface area contributed by atoms with Crippen molar-refractivity contribution in [1.82, 2.24) is 0 Å². The fourth-order valence-electron chi connectivity index (χ4n) is 1.12. The molecule has 72 valence electrons. The van der Waals surface area contributed by atoms with Crippen molar-refractivity contribution in [2.75, 3.05) is 5.32 Å². The number of benzene rings is 1. The Bertz CT molecular complexity index is 284. The minimum Gasteiger partial charge on any atom is -0.508 e. The van der Waals surface area contributed by atoms with Gasteiger partial charge in [0.25, 0.3) is 0 Å². The first-order valence-corrected chi connectivity index (χ1v) is 4.32. The number of aliphatic hydroxyl groups excluding tert-OH is 1. The van der Waals surface area contributed by atoms with Crippen molar-refractivity contribution >= 4 is 5.69 Å². The molecule has 0 saturated carbocycles. The van der Waals surface area contributed by atoms with Gasteiger partial charge >= 0.3 is 0 Å². The van der Waals surface area contributed by atoms with E-state index in [1.807, 2.05) is 19.9 Å². The van der Waals surface area contributed by atoms with Crippen molar-refractivity contribution in [3.63, 3.8) is 0 Å². The summed E-state index contributed by atoms with van der Waals surface area (Å²) in [6, 6.07) is 5.50. The van der Waals surface area contributed by atoms with E-state index in [4.69, 9.17) is 5.11 Å². The molecule has 0 unspecified atom stereocenters. The Balaban J connectivity index is 2.83. The first-order valence-electron chi connectivity index (χ1n) is 4.32. The van der Waals surface area contributed by atoms with Gasteiger partial charge in [0.05, 0.1) is 6.61 Å². The molecule has 0 radical (unpaired) electrons. The van der Waals surface area contributed by atoms with Crippen molar-refractivity contribution in [2.45, 2.75) is 26.5 Å². The lowest BCUT2D eigenvalue weighted by Gasteiger charge is -2.11. The molecule has 0 atom stereocenters. The van der Waals surface area contributed by atoms with E-state index in [1.165, 1.54) is 0 Å². The van der Waals surface area contributed by atoms with Crippen LogP contribution in [-0.4, -0.2) is 16.3 Å². The highest BCUT2D eigenvalue weighted by molar-refractivity contribution is 5.51. The standard InChI is InChI=1S/C10H15NO2/c1-7(2)11-9-4-3-8(6-12)10(13)5-9/h3-5,7,11-13H,6H2,1-2H3. The summed E-state index contributed by atoms with van der Waals surface area (Å²) in [5.41, 5.74) is 1.42. The molecule has 13 heavy (non-hydrogen) atoms. The Hall–Kier alpha value is -1.22. The van der Waals surface area contributed by atoms with Gasteiger partial charge < -0.3 is 15.5 Å². The average Bonchev–Trinajstić information content (AvgIpc) is 2.03. The van der Waals surface area contributed by atoms with Crippen LogP contribution in [-0.2, 0) is 6.61 Å². The van der Waals surface area contributed by atoms with Crippen LogP contribution >= 0.6 is 0 Å². The van der Waals surface area contributed by atoms with E-state index >= 15 is 0 Å². The fourth-order valence-corrected chi connectivity index (χ4v) is 1.12. The normalized spacial score (nSPS) is 10.5. The maximum absolute atomic E-state index is 9.40. The zero-order chi connectivity index (χ0) is 9.84. The first-order chi connectivity index (χ1) is 6.13. The third kappa shape index (κ3) is 2.63. The highest BCUT2D eigenvalue weighted by Gasteiger charge is 2.01. The number of phenols is 1. The molecule has 1 rings (SSSR count). The molecule has 3 heteroatoms. The Morgan fingerprint density at radius 3 is 2.54 bits per heavy atom. The highest BCUT2D eigenvalue weighted by Crippen LogP contribution is 2.22. The molecular formula is C10H15NO2. The third-order valence-corrected chi connectivity index (χ3v) is 1.71. The number of rotatable bonds is 3. The molecule has 1 aromatic carbocycles. The van der Waals surface area contributed by atoms with E-state index in [0.717, 1.165) is 5.69 Å². The maximum Gasteiger partial charge on any atom is 0.123 e. The van der Waals surface area contributed by atoms with Gasteiger partial charge in [-0.1, -0.05) is 6.07 Å². The zero-order valence-corrected chi connectivity index (χ0v) is 7.91. The summed E-state index contributed by atoms with van der Waals surface area (Å²) in [6.45, 7) is 3.92. The number of anilines is 1. The minimum atomic E-state index is -0.131. The molecule has 1 aromatic rings. The molecule has 0 aliphatic carbocycles. The summed E-state index contributed by atoms with van der Waals surface area (Å²) in [4.78, 5) is 0. The van der Waals surface area contributed by atoms with Crippen molar-refractivity contribution in [3.8, 4) is 5.75 Å². The third-order valence-electron chi connectivity index (χ3n) is 1.71. The molecule has 3 N–H and O–H groups in total. The van der Waals surface area contributed by atoms with Gasteiger partial charge in [-0.3, -0.25) is 0 Å². The van der Waals surface area contributed by atoms with Gasteiger partial charge in [-0.25, -0.2) is 0 Å². The largest absolute Gasteiger partial charge is 0.508 e. The van der Waals surface area contributed by atoms with Crippen LogP contribution in [0.25, 0.3) is 0 Å². The molecule has 0 amide bonds. The summed E-state index contributed by atoms with van der Waals surface area (Å²) in [7, 11) is 0. The summed E-state index contributed by atoms with van der Waals surface area (Å²) >= 11 is 0. The topological polar surface area (TPSA) is 52.5 Å². The van der Waals surface area contributed by atoms with Crippen LogP contribution in [0.2, 0.25) is 0 Å². The Morgan fingerprint density at radius 2 is 2.08 bits per heavy atom. The second kappa shape index (κ2) is 4.14. The van der Waals surface area contributed by atoms with Crippen LogP contribution in [0.5, 0.6) is 5.75 Å². The number of hydrogen-bond donors (Lipinski definition) is 3. The van der Waals surface area contributed by atoms with E-state index in [1.54, 1.807) is 12.1 Å².